The highest BCUT2D eigenvalue weighted by molar-refractivity contribution is 7.91. The van der Waals surface area contributed by atoms with E-state index in [-0.39, 0.29) is 34.6 Å². The number of nitrogens with one attached hydrogen (secondary N) is 1. The molecule has 4 aromatic rings. The van der Waals surface area contributed by atoms with E-state index >= 15 is 0 Å². The fourth-order valence-corrected chi connectivity index (χ4v) is 6.04. The van der Waals surface area contributed by atoms with Crippen LogP contribution in [0.2, 0.25) is 0 Å². The number of nitrogens with zero attached hydrogens (tertiary/aromatic N) is 7. The maximum absolute atomic E-state index is 13.9. The van der Waals surface area contributed by atoms with Crippen LogP contribution in [0.1, 0.15) is 75.0 Å². The largest absolute Gasteiger partial charge is 0.360 e. The molecule has 1 atom stereocenters. The molecule has 208 valence electrons. The topological polar surface area (TPSA) is 146 Å². The average molecular weight is 561 g/mol. The Hall–Kier alpha value is -3.80. The minimum atomic E-state index is -3.33. The number of sulfone groups is 1. The zero-order valence-electron chi connectivity index (χ0n) is 22.8. The molecule has 6 rings (SSSR count). The molecule has 11 nitrogen and oxygen atoms in total. The van der Waals surface area contributed by atoms with E-state index in [0.717, 1.165) is 49.1 Å². The first-order valence-corrected chi connectivity index (χ1v) is 15.4. The number of fused-ring (bicyclic) bond motifs is 1. The number of rotatable bonds is 9. The summed E-state index contributed by atoms with van der Waals surface area (Å²) >= 11 is 0. The highest BCUT2D eigenvalue weighted by atomic mass is 32.2. The van der Waals surface area contributed by atoms with Gasteiger partial charge < -0.3 is 5.32 Å². The van der Waals surface area contributed by atoms with Crippen molar-refractivity contribution in [1.29, 1.82) is 0 Å². The van der Waals surface area contributed by atoms with Crippen LogP contribution in [-0.2, 0) is 16.4 Å². The molecule has 2 fully saturated rings. The second kappa shape index (κ2) is 10.3. The highest BCUT2D eigenvalue weighted by Gasteiger charge is 2.31. The summed E-state index contributed by atoms with van der Waals surface area (Å²) in [6.45, 7) is 5.81. The first-order chi connectivity index (χ1) is 19.3. The number of pyridine rings is 1. The summed E-state index contributed by atoms with van der Waals surface area (Å²) in [5.41, 5.74) is 3.95. The molecule has 0 aliphatic heterocycles. The van der Waals surface area contributed by atoms with Gasteiger partial charge in [0.25, 0.3) is 5.56 Å². The zero-order chi connectivity index (χ0) is 28.0. The lowest BCUT2D eigenvalue weighted by Gasteiger charge is -2.33. The predicted molar refractivity (Wildman–Crippen MR) is 151 cm³/mol. The molecular weight excluding hydrogens is 528 g/mol. The molecular formula is C28H32N8O3S. The summed E-state index contributed by atoms with van der Waals surface area (Å²) in [5, 5.41) is 3.12. The zero-order valence-corrected chi connectivity index (χ0v) is 23.6. The van der Waals surface area contributed by atoms with Gasteiger partial charge in [-0.2, -0.15) is 0 Å². The smallest absolute Gasteiger partial charge is 0.295 e. The molecule has 0 radical (unpaired) electrons. The fourth-order valence-electron chi connectivity index (χ4n) is 5.22. The minimum Gasteiger partial charge on any atom is -0.360 e. The van der Waals surface area contributed by atoms with E-state index in [1.54, 1.807) is 30.1 Å². The second-order valence-electron chi connectivity index (χ2n) is 10.7. The summed E-state index contributed by atoms with van der Waals surface area (Å²) in [6.07, 6.45) is 10.1. The minimum absolute atomic E-state index is 0.00848. The number of hydrogen-bond acceptors (Lipinski definition) is 10. The third-order valence-electron chi connectivity index (χ3n) is 8.10. The van der Waals surface area contributed by atoms with Gasteiger partial charge in [0.05, 0.1) is 46.0 Å². The maximum Gasteiger partial charge on any atom is 0.295 e. The normalized spacial score (nSPS) is 16.6. The Morgan fingerprint density at radius 1 is 1.05 bits per heavy atom. The summed E-state index contributed by atoms with van der Waals surface area (Å²) < 4.78 is 26.0. The van der Waals surface area contributed by atoms with Gasteiger partial charge in [0.15, 0.2) is 27.1 Å². The highest BCUT2D eigenvalue weighted by Crippen LogP contribution is 2.43. The lowest BCUT2D eigenvalue weighted by atomic mass is 9.80. The number of hydrogen-bond donors (Lipinski definition) is 1. The van der Waals surface area contributed by atoms with Crippen molar-refractivity contribution < 1.29 is 8.42 Å². The van der Waals surface area contributed by atoms with Crippen molar-refractivity contribution in [2.24, 2.45) is 5.92 Å². The standard InChI is InChI=1S/C28H32N8O3S/c1-4-40(38,39)21-11-10-20(29-13-21)12-30-26-28(37)36(17(3)18-6-5-7-18)27-22(34-26)14-31-25(35-27)23-16(2)32-15-33-24(23)19-8-9-19/h10-11,13-15,17-19H,4-9,12H2,1-3H3,(H,30,34). The van der Waals surface area contributed by atoms with Crippen molar-refractivity contribution in [3.8, 4) is 11.4 Å². The molecule has 4 heterocycles. The van der Waals surface area contributed by atoms with Crippen molar-refractivity contribution in [2.75, 3.05) is 11.1 Å². The molecule has 0 spiro atoms. The summed E-state index contributed by atoms with van der Waals surface area (Å²) in [5.74, 6) is 1.47. The van der Waals surface area contributed by atoms with E-state index in [0.29, 0.717) is 34.5 Å². The number of aromatic nitrogens is 7. The third-order valence-corrected chi connectivity index (χ3v) is 9.82. The fraction of sp³-hybridized carbons (Fsp3) is 0.464. The quantitative estimate of drug-likeness (QED) is 0.319. The SMILES string of the molecule is CCS(=O)(=O)c1ccc(CNc2nc3cnc(-c4c(C)ncnc4C4CC4)nc3n(C(C)C3CCC3)c2=O)nc1. The van der Waals surface area contributed by atoms with Crippen molar-refractivity contribution in [3.05, 3.63) is 58.3 Å². The monoisotopic (exact) mass is 560 g/mol. The van der Waals surface area contributed by atoms with E-state index < -0.39 is 9.84 Å². The Morgan fingerprint density at radius 2 is 1.85 bits per heavy atom. The van der Waals surface area contributed by atoms with E-state index in [9.17, 15) is 13.2 Å². The van der Waals surface area contributed by atoms with Crippen LogP contribution >= 0.6 is 0 Å². The molecule has 1 N–H and O–H groups in total. The molecule has 0 saturated heterocycles. The molecule has 12 heteroatoms. The van der Waals surface area contributed by atoms with Gasteiger partial charge in [-0.3, -0.25) is 14.3 Å². The van der Waals surface area contributed by atoms with Crippen LogP contribution in [0.4, 0.5) is 5.82 Å². The molecule has 1 unspecified atom stereocenters. The van der Waals surface area contributed by atoms with E-state index in [2.05, 4.69) is 37.2 Å². The van der Waals surface area contributed by atoms with Crippen LogP contribution < -0.4 is 10.9 Å². The van der Waals surface area contributed by atoms with Crippen LogP contribution in [0, 0.1) is 12.8 Å². The summed E-state index contributed by atoms with van der Waals surface area (Å²) in [4.78, 5) is 41.4. The van der Waals surface area contributed by atoms with Gasteiger partial charge in [0, 0.05) is 18.2 Å². The van der Waals surface area contributed by atoms with Gasteiger partial charge in [-0.25, -0.2) is 33.3 Å². The van der Waals surface area contributed by atoms with Gasteiger partial charge >= 0.3 is 0 Å². The maximum atomic E-state index is 13.9. The molecule has 2 aliphatic carbocycles. The Kier molecular flexibility index (Phi) is 6.81. The van der Waals surface area contributed by atoms with Crippen LogP contribution in [0.15, 0.2) is 40.5 Å². The molecule has 2 saturated carbocycles. The average Bonchev–Trinajstić information content (AvgIpc) is 3.76. The number of aryl methyl sites for hydroxylation is 1. The van der Waals surface area contributed by atoms with Crippen molar-refractivity contribution in [3.63, 3.8) is 0 Å². The molecule has 0 aromatic carbocycles. The van der Waals surface area contributed by atoms with E-state index in [1.165, 1.54) is 12.3 Å². The summed E-state index contributed by atoms with van der Waals surface area (Å²) in [7, 11) is -3.33. The van der Waals surface area contributed by atoms with E-state index in [4.69, 9.17) is 4.98 Å². The molecule has 0 amide bonds. The van der Waals surface area contributed by atoms with Crippen LogP contribution in [0.25, 0.3) is 22.6 Å². The van der Waals surface area contributed by atoms with Crippen molar-refractivity contribution in [1.82, 2.24) is 34.5 Å². The second-order valence-corrected chi connectivity index (χ2v) is 13.0. The Bertz CT molecular complexity index is 1750. The lowest BCUT2D eigenvalue weighted by molar-refractivity contribution is 0.222. The van der Waals surface area contributed by atoms with Gasteiger partial charge in [-0.15, -0.1) is 0 Å². The van der Waals surface area contributed by atoms with Gasteiger partial charge in [-0.1, -0.05) is 13.3 Å². The molecule has 2 aliphatic rings. The van der Waals surface area contributed by atoms with E-state index in [1.807, 2.05) is 6.92 Å². The summed E-state index contributed by atoms with van der Waals surface area (Å²) in [6, 6.07) is 3.11. The van der Waals surface area contributed by atoms with Crippen molar-refractivity contribution >= 4 is 26.8 Å². The van der Waals surface area contributed by atoms with Crippen molar-refractivity contribution in [2.45, 2.75) is 76.3 Å². The van der Waals surface area contributed by atoms with Crippen LogP contribution in [0.5, 0.6) is 0 Å². The Balaban J connectivity index is 1.39. The van der Waals surface area contributed by atoms with Gasteiger partial charge in [0.2, 0.25) is 0 Å². The Labute approximate surface area is 232 Å². The van der Waals surface area contributed by atoms with Crippen LogP contribution in [-0.4, -0.2) is 48.6 Å². The molecule has 40 heavy (non-hydrogen) atoms. The molecule has 4 aromatic heterocycles. The van der Waals surface area contributed by atoms with Gasteiger partial charge in [-0.05, 0) is 57.6 Å². The number of anilines is 1. The van der Waals surface area contributed by atoms with Crippen LogP contribution in [0.3, 0.4) is 0 Å². The first-order valence-electron chi connectivity index (χ1n) is 13.8. The molecule has 0 bridgehead atoms. The lowest BCUT2D eigenvalue weighted by Crippen LogP contribution is -2.33. The van der Waals surface area contributed by atoms with Gasteiger partial charge in [0.1, 0.15) is 11.8 Å². The third kappa shape index (κ3) is 4.85. The first kappa shape index (κ1) is 26.4. The predicted octanol–water partition coefficient (Wildman–Crippen LogP) is 3.99. The Morgan fingerprint density at radius 3 is 2.50 bits per heavy atom.